The van der Waals surface area contributed by atoms with Crippen LogP contribution in [0.2, 0.25) is 0 Å². The van der Waals surface area contributed by atoms with Crippen molar-refractivity contribution < 1.29 is 13.3 Å². The lowest BCUT2D eigenvalue weighted by molar-refractivity contribution is -0.385. The minimum atomic E-state index is -3.97. The third kappa shape index (κ3) is 3.50. The summed E-state index contributed by atoms with van der Waals surface area (Å²) in [6.45, 7) is 2.44. The zero-order valence-electron chi connectivity index (χ0n) is 15.5. The fourth-order valence-electron chi connectivity index (χ4n) is 3.71. The summed E-state index contributed by atoms with van der Waals surface area (Å²) in [5.41, 5.74) is 1.94. The molecule has 0 aliphatic carbocycles. The Morgan fingerprint density at radius 3 is 2.52 bits per heavy atom. The van der Waals surface area contributed by atoms with Crippen LogP contribution >= 0.6 is 15.9 Å². The van der Waals surface area contributed by atoms with E-state index in [4.69, 9.17) is 0 Å². The highest BCUT2D eigenvalue weighted by molar-refractivity contribution is 9.10. The van der Waals surface area contributed by atoms with Crippen LogP contribution in [0.4, 0.5) is 5.69 Å². The zero-order chi connectivity index (χ0) is 20.8. The molecule has 2 heterocycles. The highest BCUT2D eigenvalue weighted by atomic mass is 79.9. The van der Waals surface area contributed by atoms with Crippen molar-refractivity contribution >= 4 is 31.6 Å². The molecule has 9 heteroatoms. The number of halogens is 1. The standard InChI is InChI=1S/C20H18BrN3O4S/c1-14-4-9-17(24(25)26)13-19(14)29(27,28)23-12-11-22-10-2-3-18(22)20(23)15-5-7-16(21)8-6-15/h2-10,13,20H,11-12H2,1H3. The van der Waals surface area contributed by atoms with Crippen molar-refractivity contribution in [2.75, 3.05) is 6.54 Å². The van der Waals surface area contributed by atoms with Gasteiger partial charge in [-0.05, 0) is 42.3 Å². The first-order valence-electron chi connectivity index (χ1n) is 8.96. The Balaban J connectivity index is 1.87. The number of aryl methyl sites for hydroxylation is 1. The summed E-state index contributed by atoms with van der Waals surface area (Å²) in [5, 5.41) is 11.2. The molecule has 4 rings (SSSR count). The van der Waals surface area contributed by atoms with E-state index in [9.17, 15) is 18.5 Å². The number of nitrogens with zero attached hydrogens (tertiary/aromatic N) is 3. The van der Waals surface area contributed by atoms with Gasteiger partial charge in [-0.1, -0.05) is 34.1 Å². The van der Waals surface area contributed by atoms with Gasteiger partial charge in [-0.3, -0.25) is 10.1 Å². The predicted octanol–water partition coefficient (Wildman–Crippen LogP) is 4.26. The molecule has 150 valence electrons. The van der Waals surface area contributed by atoms with Crippen molar-refractivity contribution in [2.24, 2.45) is 0 Å². The monoisotopic (exact) mass is 475 g/mol. The molecule has 1 atom stereocenters. The summed E-state index contributed by atoms with van der Waals surface area (Å²) in [6.07, 6.45) is 1.93. The summed E-state index contributed by atoms with van der Waals surface area (Å²) in [6, 6.07) is 14.8. The van der Waals surface area contributed by atoms with Crippen molar-refractivity contribution in [3.63, 3.8) is 0 Å². The van der Waals surface area contributed by atoms with Gasteiger partial charge >= 0.3 is 0 Å². The van der Waals surface area contributed by atoms with E-state index in [-0.39, 0.29) is 17.1 Å². The molecule has 1 unspecified atom stereocenters. The van der Waals surface area contributed by atoms with Gasteiger partial charge in [0.2, 0.25) is 10.0 Å². The van der Waals surface area contributed by atoms with Crippen LogP contribution in [0, 0.1) is 17.0 Å². The lowest BCUT2D eigenvalue weighted by Gasteiger charge is -2.36. The fraction of sp³-hybridized carbons (Fsp3) is 0.200. The number of nitro benzene ring substituents is 1. The SMILES string of the molecule is Cc1ccc([N+](=O)[O-])cc1S(=O)(=O)N1CCn2cccc2C1c1ccc(Br)cc1. The average Bonchev–Trinajstić information content (AvgIpc) is 3.16. The normalized spacial score (nSPS) is 17.1. The minimum Gasteiger partial charge on any atom is -0.348 e. The predicted molar refractivity (Wildman–Crippen MR) is 112 cm³/mol. The van der Waals surface area contributed by atoms with Crippen LogP contribution in [-0.2, 0) is 16.6 Å². The Labute approximate surface area is 176 Å². The topological polar surface area (TPSA) is 85.4 Å². The van der Waals surface area contributed by atoms with Crippen molar-refractivity contribution in [1.82, 2.24) is 8.87 Å². The quantitative estimate of drug-likeness (QED) is 0.416. The second kappa shape index (κ2) is 7.40. The number of hydrogen-bond acceptors (Lipinski definition) is 4. The van der Waals surface area contributed by atoms with Crippen LogP contribution in [0.3, 0.4) is 0 Å². The molecule has 7 nitrogen and oxygen atoms in total. The number of nitro groups is 1. The van der Waals surface area contributed by atoms with Gasteiger partial charge in [0.1, 0.15) is 0 Å². The molecule has 29 heavy (non-hydrogen) atoms. The number of rotatable bonds is 4. The summed E-state index contributed by atoms with van der Waals surface area (Å²) in [7, 11) is -3.97. The first kappa shape index (κ1) is 19.8. The molecule has 1 aromatic heterocycles. The number of fused-ring (bicyclic) bond motifs is 1. The molecule has 0 fully saturated rings. The maximum Gasteiger partial charge on any atom is 0.270 e. The average molecular weight is 476 g/mol. The molecule has 0 spiro atoms. The van der Waals surface area contributed by atoms with Gasteiger partial charge in [0.05, 0.1) is 15.9 Å². The molecule has 1 aliphatic heterocycles. The van der Waals surface area contributed by atoms with E-state index >= 15 is 0 Å². The van der Waals surface area contributed by atoms with Crippen molar-refractivity contribution in [1.29, 1.82) is 0 Å². The molecule has 2 aromatic carbocycles. The summed E-state index contributed by atoms with van der Waals surface area (Å²) in [5.74, 6) is 0. The molecule has 0 saturated carbocycles. The third-order valence-corrected chi connectivity index (χ3v) is 7.68. The molecule has 0 radical (unpaired) electrons. The second-order valence-electron chi connectivity index (χ2n) is 6.90. The molecular weight excluding hydrogens is 458 g/mol. The Kier molecular flexibility index (Phi) is 5.05. The molecule has 0 bridgehead atoms. The Bertz CT molecular complexity index is 1190. The largest absolute Gasteiger partial charge is 0.348 e. The number of sulfonamides is 1. The van der Waals surface area contributed by atoms with Crippen LogP contribution in [0.5, 0.6) is 0 Å². The lowest BCUT2D eigenvalue weighted by atomic mass is 10.0. The van der Waals surface area contributed by atoms with E-state index in [0.29, 0.717) is 12.1 Å². The maximum absolute atomic E-state index is 13.7. The van der Waals surface area contributed by atoms with Crippen molar-refractivity contribution in [3.05, 3.63) is 92.2 Å². The van der Waals surface area contributed by atoms with Gasteiger partial charge in [0, 0.05) is 41.6 Å². The van der Waals surface area contributed by atoms with Gasteiger partial charge in [-0.25, -0.2) is 8.42 Å². The van der Waals surface area contributed by atoms with Crippen LogP contribution in [0.25, 0.3) is 0 Å². The van der Waals surface area contributed by atoms with E-state index < -0.39 is 21.0 Å². The highest BCUT2D eigenvalue weighted by Crippen LogP contribution is 2.38. The van der Waals surface area contributed by atoms with Crippen LogP contribution in [0.15, 0.2) is 70.2 Å². The first-order valence-corrected chi connectivity index (χ1v) is 11.2. The highest BCUT2D eigenvalue weighted by Gasteiger charge is 2.38. The smallest absolute Gasteiger partial charge is 0.270 e. The molecule has 0 N–H and O–H groups in total. The number of non-ortho nitro benzene ring substituents is 1. The van der Waals surface area contributed by atoms with E-state index in [1.807, 2.05) is 47.2 Å². The Hall–Kier alpha value is -2.49. The second-order valence-corrected chi connectivity index (χ2v) is 9.68. The molecule has 3 aromatic rings. The van der Waals surface area contributed by atoms with Crippen molar-refractivity contribution in [2.45, 2.75) is 24.4 Å². The molecule has 1 aliphatic rings. The van der Waals surface area contributed by atoms with E-state index in [1.165, 1.54) is 16.4 Å². The van der Waals surface area contributed by atoms with Crippen LogP contribution < -0.4 is 0 Å². The summed E-state index contributed by atoms with van der Waals surface area (Å²) in [4.78, 5) is 10.6. The number of hydrogen-bond donors (Lipinski definition) is 0. The summed E-state index contributed by atoms with van der Waals surface area (Å²) >= 11 is 3.42. The minimum absolute atomic E-state index is 0.0335. The first-order chi connectivity index (χ1) is 13.8. The third-order valence-electron chi connectivity index (χ3n) is 5.15. The van der Waals surface area contributed by atoms with Gasteiger partial charge in [0.25, 0.3) is 5.69 Å². The lowest BCUT2D eigenvalue weighted by Crippen LogP contribution is -2.42. The van der Waals surface area contributed by atoms with Crippen molar-refractivity contribution in [3.8, 4) is 0 Å². The van der Waals surface area contributed by atoms with E-state index in [1.54, 1.807) is 6.92 Å². The molecule has 0 amide bonds. The zero-order valence-corrected chi connectivity index (χ0v) is 17.9. The van der Waals surface area contributed by atoms with Gasteiger partial charge < -0.3 is 4.57 Å². The van der Waals surface area contributed by atoms with Crippen LogP contribution in [0.1, 0.15) is 22.9 Å². The maximum atomic E-state index is 13.7. The van der Waals surface area contributed by atoms with E-state index in [0.717, 1.165) is 21.8 Å². The molecular formula is C20H18BrN3O4S. The van der Waals surface area contributed by atoms with Gasteiger partial charge in [0.15, 0.2) is 0 Å². The van der Waals surface area contributed by atoms with Gasteiger partial charge in [-0.2, -0.15) is 4.31 Å². The Morgan fingerprint density at radius 1 is 1.10 bits per heavy atom. The number of aromatic nitrogens is 1. The Morgan fingerprint density at radius 2 is 1.83 bits per heavy atom. The van der Waals surface area contributed by atoms with Gasteiger partial charge in [-0.15, -0.1) is 0 Å². The summed E-state index contributed by atoms with van der Waals surface area (Å²) < 4.78 is 31.7. The molecule has 0 saturated heterocycles. The van der Waals surface area contributed by atoms with Crippen LogP contribution in [-0.4, -0.2) is 28.8 Å². The number of benzene rings is 2. The fourth-order valence-corrected chi connectivity index (χ4v) is 5.80. The van der Waals surface area contributed by atoms with E-state index in [2.05, 4.69) is 15.9 Å².